The smallest absolute Gasteiger partial charge is 0.284 e. The van der Waals surface area contributed by atoms with Crippen molar-refractivity contribution in [3.05, 3.63) is 59.5 Å². The summed E-state index contributed by atoms with van der Waals surface area (Å²) >= 11 is 0. The fourth-order valence-corrected chi connectivity index (χ4v) is 2.10. The number of nitrogens with two attached hydrogens (primary N) is 1. The van der Waals surface area contributed by atoms with Gasteiger partial charge in [0.15, 0.2) is 11.7 Å². The molecule has 0 radical (unpaired) electrons. The third kappa shape index (κ3) is 5.88. The lowest BCUT2D eigenvalue weighted by atomic mass is 10.1. The number of hydrogen-bond acceptors (Lipinski definition) is 3. The Hall–Kier alpha value is -2.03. The van der Waals surface area contributed by atoms with Gasteiger partial charge in [-0.3, -0.25) is 4.79 Å². The highest BCUT2D eigenvalue weighted by Gasteiger charge is 2.09. The topological polar surface area (TPSA) is 92.6 Å². The summed E-state index contributed by atoms with van der Waals surface area (Å²) in [6.07, 6.45) is 0. The fourth-order valence-electron chi connectivity index (χ4n) is 2.10. The van der Waals surface area contributed by atoms with E-state index >= 15 is 0 Å². The maximum absolute atomic E-state index is 11.0. The summed E-state index contributed by atoms with van der Waals surface area (Å²) in [6.45, 7) is 5.14. The summed E-state index contributed by atoms with van der Waals surface area (Å²) < 4.78 is 5.33. The van der Waals surface area contributed by atoms with Crippen LogP contribution in [0.3, 0.4) is 0 Å². The molecule has 130 valence electrons. The van der Waals surface area contributed by atoms with Crippen molar-refractivity contribution in [3.8, 4) is 0 Å². The molecular weight excluding hydrogens is 419 g/mol. The van der Waals surface area contributed by atoms with Gasteiger partial charge in [0, 0.05) is 6.54 Å². The number of halogens is 1. The van der Waals surface area contributed by atoms with Crippen molar-refractivity contribution < 1.29 is 9.21 Å². The molecule has 7 heteroatoms. The van der Waals surface area contributed by atoms with Gasteiger partial charge in [-0.1, -0.05) is 30.3 Å². The maximum atomic E-state index is 11.0. The molecule has 0 aliphatic rings. The summed E-state index contributed by atoms with van der Waals surface area (Å²) in [4.78, 5) is 15.5. The van der Waals surface area contributed by atoms with Crippen LogP contribution in [0, 0.1) is 0 Å². The zero-order valence-electron chi connectivity index (χ0n) is 13.8. The second kappa shape index (κ2) is 9.96. The van der Waals surface area contributed by atoms with Crippen LogP contribution >= 0.6 is 24.0 Å². The molecule has 1 aromatic carbocycles. The predicted molar refractivity (Wildman–Crippen MR) is 105 cm³/mol. The third-order valence-electron chi connectivity index (χ3n) is 3.29. The molecule has 6 nitrogen and oxygen atoms in total. The monoisotopic (exact) mass is 442 g/mol. The number of amides is 1. The van der Waals surface area contributed by atoms with Crippen LogP contribution in [0.15, 0.2) is 51.9 Å². The Morgan fingerprint density at radius 3 is 2.54 bits per heavy atom. The molecule has 0 aliphatic carbocycles. The van der Waals surface area contributed by atoms with Gasteiger partial charge in [0.1, 0.15) is 12.3 Å². The van der Waals surface area contributed by atoms with Crippen LogP contribution < -0.4 is 16.4 Å². The highest BCUT2D eigenvalue weighted by Crippen LogP contribution is 2.11. The number of guanidine groups is 1. The number of nitrogens with one attached hydrogen (secondary N) is 2. The average Bonchev–Trinajstić information content (AvgIpc) is 3.03. The van der Waals surface area contributed by atoms with E-state index in [9.17, 15) is 4.79 Å². The van der Waals surface area contributed by atoms with Crippen LogP contribution in [-0.2, 0) is 6.54 Å². The first-order valence-electron chi connectivity index (χ1n) is 7.58. The van der Waals surface area contributed by atoms with Crippen molar-refractivity contribution in [1.29, 1.82) is 0 Å². The van der Waals surface area contributed by atoms with E-state index in [1.165, 1.54) is 5.56 Å². The van der Waals surface area contributed by atoms with E-state index in [1.807, 2.05) is 25.1 Å². The fraction of sp³-hybridized carbons (Fsp3) is 0.294. The summed E-state index contributed by atoms with van der Waals surface area (Å²) in [5.74, 6) is 0.831. The van der Waals surface area contributed by atoms with Gasteiger partial charge in [-0.15, -0.1) is 24.0 Å². The number of rotatable bonds is 6. The Balaban J connectivity index is 0.00000288. The van der Waals surface area contributed by atoms with Crippen LogP contribution in [0.5, 0.6) is 0 Å². The highest BCUT2D eigenvalue weighted by molar-refractivity contribution is 14.0. The molecule has 2 aromatic rings. The van der Waals surface area contributed by atoms with Crippen molar-refractivity contribution in [1.82, 2.24) is 10.6 Å². The van der Waals surface area contributed by atoms with E-state index in [2.05, 4.69) is 34.7 Å². The van der Waals surface area contributed by atoms with E-state index in [1.54, 1.807) is 12.1 Å². The zero-order chi connectivity index (χ0) is 16.7. The average molecular weight is 442 g/mol. The number of hydrogen-bond donors (Lipinski definition) is 3. The Morgan fingerprint density at radius 1 is 1.25 bits per heavy atom. The molecule has 1 amide bonds. The van der Waals surface area contributed by atoms with Gasteiger partial charge in [-0.2, -0.15) is 0 Å². The van der Waals surface area contributed by atoms with E-state index in [4.69, 9.17) is 10.2 Å². The first-order chi connectivity index (χ1) is 11.1. The number of benzene rings is 1. The van der Waals surface area contributed by atoms with E-state index < -0.39 is 5.91 Å². The Kier molecular flexibility index (Phi) is 8.31. The largest absolute Gasteiger partial charge is 0.454 e. The van der Waals surface area contributed by atoms with Gasteiger partial charge >= 0.3 is 0 Å². The molecule has 0 saturated carbocycles. The molecule has 0 fully saturated rings. The van der Waals surface area contributed by atoms with E-state index in [0.29, 0.717) is 18.3 Å². The van der Waals surface area contributed by atoms with Crippen LogP contribution in [-0.4, -0.2) is 18.4 Å². The van der Waals surface area contributed by atoms with Gasteiger partial charge in [0.25, 0.3) is 5.91 Å². The lowest BCUT2D eigenvalue weighted by molar-refractivity contribution is 0.0972. The zero-order valence-corrected chi connectivity index (χ0v) is 16.1. The quantitative estimate of drug-likeness (QED) is 0.365. The van der Waals surface area contributed by atoms with Gasteiger partial charge in [-0.05, 0) is 31.5 Å². The molecule has 1 aromatic heterocycles. The molecule has 0 spiro atoms. The van der Waals surface area contributed by atoms with Gasteiger partial charge in [-0.25, -0.2) is 4.99 Å². The minimum Gasteiger partial charge on any atom is -0.454 e. The van der Waals surface area contributed by atoms with E-state index in [0.717, 1.165) is 6.54 Å². The van der Waals surface area contributed by atoms with Crippen LogP contribution in [0.25, 0.3) is 0 Å². The number of nitrogens with zero attached hydrogens (tertiary/aromatic N) is 1. The number of furan rings is 1. The van der Waals surface area contributed by atoms with Crippen molar-refractivity contribution in [3.63, 3.8) is 0 Å². The first-order valence-corrected chi connectivity index (χ1v) is 7.58. The Bertz CT molecular complexity index is 670. The van der Waals surface area contributed by atoms with Gasteiger partial charge in [0.2, 0.25) is 0 Å². The molecular formula is C17H23IN4O2. The number of carbonyl (C=O) groups is 1. The van der Waals surface area contributed by atoms with Crippen molar-refractivity contribution in [2.45, 2.75) is 26.4 Å². The SMILES string of the molecule is CCNC(=NCc1ccc(C(N)=O)o1)NC(C)c1ccccc1.I. The van der Waals surface area contributed by atoms with Gasteiger partial charge < -0.3 is 20.8 Å². The second-order valence-electron chi connectivity index (χ2n) is 5.10. The second-order valence-corrected chi connectivity index (χ2v) is 5.10. The predicted octanol–water partition coefficient (Wildman–Crippen LogP) is 2.81. The third-order valence-corrected chi connectivity index (χ3v) is 3.29. The van der Waals surface area contributed by atoms with Gasteiger partial charge in [0.05, 0.1) is 6.04 Å². The summed E-state index contributed by atoms with van der Waals surface area (Å²) in [7, 11) is 0. The molecule has 0 saturated heterocycles. The van der Waals surface area contributed by atoms with Crippen molar-refractivity contribution in [2.24, 2.45) is 10.7 Å². The summed E-state index contributed by atoms with van der Waals surface area (Å²) in [5.41, 5.74) is 6.34. The number of carbonyl (C=O) groups excluding carboxylic acids is 1. The molecule has 4 N–H and O–H groups in total. The van der Waals surface area contributed by atoms with Crippen LogP contribution in [0.1, 0.15) is 41.8 Å². The normalized spacial score (nSPS) is 12.2. The first kappa shape index (κ1) is 20.0. The molecule has 24 heavy (non-hydrogen) atoms. The van der Waals surface area contributed by atoms with Crippen molar-refractivity contribution >= 4 is 35.8 Å². The maximum Gasteiger partial charge on any atom is 0.284 e. The minimum absolute atomic E-state index is 0. The highest BCUT2D eigenvalue weighted by atomic mass is 127. The standard InChI is InChI=1S/C17H22N4O2.HI/c1-3-19-17(21-12(2)13-7-5-4-6-8-13)20-11-14-9-10-15(23-14)16(18)22;/h4-10,12H,3,11H2,1-2H3,(H2,18,22)(H2,19,20,21);1H. The molecule has 1 heterocycles. The van der Waals surface area contributed by atoms with E-state index in [-0.39, 0.29) is 35.8 Å². The Morgan fingerprint density at radius 2 is 1.96 bits per heavy atom. The Labute approximate surface area is 158 Å². The van der Waals surface area contributed by atoms with Crippen LogP contribution in [0.2, 0.25) is 0 Å². The lowest BCUT2D eigenvalue weighted by Gasteiger charge is -2.18. The van der Waals surface area contributed by atoms with Crippen LogP contribution in [0.4, 0.5) is 0 Å². The lowest BCUT2D eigenvalue weighted by Crippen LogP contribution is -2.38. The molecule has 2 rings (SSSR count). The minimum atomic E-state index is -0.581. The van der Waals surface area contributed by atoms with Crippen molar-refractivity contribution in [2.75, 3.05) is 6.54 Å². The number of primary amides is 1. The molecule has 0 bridgehead atoms. The molecule has 1 atom stereocenters. The summed E-state index contributed by atoms with van der Waals surface area (Å²) in [5, 5.41) is 6.53. The number of aliphatic imine (C=N–C) groups is 1. The summed E-state index contributed by atoms with van der Waals surface area (Å²) in [6, 6.07) is 13.5. The molecule has 0 aliphatic heterocycles. The molecule has 1 unspecified atom stereocenters.